The quantitative estimate of drug-likeness (QED) is 0.370. The third-order valence-corrected chi connectivity index (χ3v) is 1.26. The summed E-state index contributed by atoms with van der Waals surface area (Å²) in [6.07, 6.45) is 0. The Morgan fingerprint density at radius 3 is 2.71 bits per heavy atom. The van der Waals surface area contributed by atoms with Gasteiger partial charge in [-0.2, -0.15) is 0 Å². The Kier molecular flexibility index (Phi) is 3.36. The second-order valence-corrected chi connectivity index (χ2v) is 1.85. The van der Waals surface area contributed by atoms with Crippen LogP contribution in [0.3, 0.4) is 0 Å². The molecule has 3 heteroatoms. The molecule has 0 aliphatic rings. The van der Waals surface area contributed by atoms with E-state index in [0.717, 1.165) is 5.69 Å². The van der Waals surface area contributed by atoms with E-state index in [1.54, 1.807) is 11.3 Å². The van der Waals surface area contributed by atoms with E-state index < -0.39 is 0 Å². The van der Waals surface area contributed by atoms with Crippen molar-refractivity contribution in [2.45, 2.75) is 6.92 Å². The van der Waals surface area contributed by atoms with Crippen LogP contribution >= 0.6 is 11.3 Å². The van der Waals surface area contributed by atoms with Gasteiger partial charge < -0.3 is 1.43 Å². The molecule has 0 atom stereocenters. The third kappa shape index (κ3) is 2.13. The molecule has 0 aliphatic heterocycles. The van der Waals surface area contributed by atoms with Crippen LogP contribution in [0.15, 0.2) is 10.9 Å². The molecule has 0 saturated carbocycles. The Morgan fingerprint density at radius 2 is 2.57 bits per heavy atom. The Bertz CT molecular complexity index is 120. The smallest absolute Gasteiger partial charge is 1.00 e. The van der Waals surface area contributed by atoms with E-state index in [0.29, 0.717) is 0 Å². The molecule has 1 nitrogen and oxygen atoms in total. The minimum absolute atomic E-state index is 0. The fraction of sp³-hybridized carbons (Fsp3) is 0.250. The maximum absolute atomic E-state index is 3.94. The van der Waals surface area contributed by atoms with Crippen LogP contribution in [0.4, 0.5) is 0 Å². The van der Waals surface area contributed by atoms with E-state index in [1.807, 2.05) is 17.8 Å². The van der Waals surface area contributed by atoms with Gasteiger partial charge in [0.25, 0.3) is 0 Å². The van der Waals surface area contributed by atoms with Crippen molar-refractivity contribution in [1.82, 2.24) is 4.98 Å². The largest absolute Gasteiger partial charge is 1.00 e. The fourth-order valence-corrected chi connectivity index (χ4v) is 0.819. The number of thiazole rings is 1. The predicted octanol–water partition coefficient (Wildman–Crippen LogP) is -1.43. The molecule has 1 aromatic heterocycles. The number of hydrogen-bond acceptors (Lipinski definition) is 2. The van der Waals surface area contributed by atoms with Crippen molar-refractivity contribution >= 4 is 11.3 Å². The Balaban J connectivity index is 0. The van der Waals surface area contributed by atoms with Gasteiger partial charge in [-0.05, 0) is 6.92 Å². The topological polar surface area (TPSA) is 12.9 Å². The molecule has 0 unspecified atom stereocenters. The van der Waals surface area contributed by atoms with Gasteiger partial charge in [0.05, 0.1) is 5.51 Å². The van der Waals surface area contributed by atoms with Crippen LogP contribution in [0.25, 0.3) is 0 Å². The molecule has 0 bridgehead atoms. The van der Waals surface area contributed by atoms with Crippen LogP contribution in [-0.4, -0.2) is 4.98 Å². The second kappa shape index (κ2) is 3.26. The number of hydrogen-bond donors (Lipinski definition) is 0. The zero-order valence-electron chi connectivity index (χ0n) is 5.51. The summed E-state index contributed by atoms with van der Waals surface area (Å²) in [5.41, 5.74) is 2.94. The molecular weight excluding hydrogens is 101 g/mol. The van der Waals surface area contributed by atoms with Crippen molar-refractivity contribution in [3.05, 3.63) is 16.6 Å². The summed E-state index contributed by atoms with van der Waals surface area (Å²) in [5.74, 6) is 0. The summed E-state index contributed by atoms with van der Waals surface area (Å²) in [7, 11) is 0. The van der Waals surface area contributed by atoms with E-state index in [9.17, 15) is 0 Å². The third-order valence-electron chi connectivity index (χ3n) is 0.556. The van der Waals surface area contributed by atoms with Gasteiger partial charge in [0.1, 0.15) is 0 Å². The van der Waals surface area contributed by atoms with Crippen molar-refractivity contribution in [1.29, 1.82) is 0 Å². The van der Waals surface area contributed by atoms with Gasteiger partial charge in [-0.15, -0.1) is 11.3 Å². The van der Waals surface area contributed by atoms with Crippen molar-refractivity contribution in [2.24, 2.45) is 0 Å². The summed E-state index contributed by atoms with van der Waals surface area (Å²) in [6.45, 7) is 1.98. The summed E-state index contributed by atoms with van der Waals surface area (Å²) < 4.78 is 0. The molecule has 0 saturated heterocycles. The molecule has 0 spiro atoms. The van der Waals surface area contributed by atoms with Crippen LogP contribution in [0, 0.1) is 6.92 Å². The fourth-order valence-electron chi connectivity index (χ4n) is 0.273. The standard InChI is InChI=1S/C4H5NS.Li.H/c1-4-2-6-3-5-4;;/h2-3H,1H3;;/q;+1;-1. The molecule has 1 rings (SSSR count). The van der Waals surface area contributed by atoms with Crippen LogP contribution < -0.4 is 18.9 Å². The molecule has 1 aromatic rings. The Labute approximate surface area is 60.4 Å². The predicted molar refractivity (Wildman–Crippen MR) is 28.0 cm³/mol. The van der Waals surface area contributed by atoms with Gasteiger partial charge in [-0.25, -0.2) is 0 Å². The van der Waals surface area contributed by atoms with Crippen molar-refractivity contribution in [2.75, 3.05) is 0 Å². The first-order chi connectivity index (χ1) is 2.89. The minimum atomic E-state index is 0. The summed E-state index contributed by atoms with van der Waals surface area (Å²) in [5, 5.41) is 2.01. The summed E-state index contributed by atoms with van der Waals surface area (Å²) in [6, 6.07) is 0. The molecule has 0 fully saturated rings. The van der Waals surface area contributed by atoms with Gasteiger partial charge in [0, 0.05) is 11.1 Å². The van der Waals surface area contributed by atoms with E-state index in [1.165, 1.54) is 0 Å². The van der Waals surface area contributed by atoms with Crippen LogP contribution in [-0.2, 0) is 0 Å². The molecule has 0 N–H and O–H groups in total. The molecule has 0 amide bonds. The first-order valence-electron chi connectivity index (χ1n) is 1.74. The van der Waals surface area contributed by atoms with Crippen LogP contribution in [0.5, 0.6) is 0 Å². The van der Waals surface area contributed by atoms with Crippen LogP contribution in [0.2, 0.25) is 0 Å². The van der Waals surface area contributed by atoms with Crippen molar-refractivity contribution in [3.8, 4) is 0 Å². The molecule has 0 aliphatic carbocycles. The number of nitrogens with zero attached hydrogens (tertiary/aromatic N) is 1. The maximum Gasteiger partial charge on any atom is 1.00 e. The van der Waals surface area contributed by atoms with Crippen molar-refractivity contribution in [3.63, 3.8) is 0 Å². The van der Waals surface area contributed by atoms with Gasteiger partial charge in [0.15, 0.2) is 0 Å². The SMILES string of the molecule is Cc1cscn1.[H-].[Li+]. The first kappa shape index (κ1) is 7.23. The molecule has 0 radical (unpaired) electrons. The molecule has 0 aromatic carbocycles. The van der Waals surface area contributed by atoms with Gasteiger partial charge >= 0.3 is 18.9 Å². The normalized spacial score (nSPS) is 7.57. The van der Waals surface area contributed by atoms with Gasteiger partial charge in [0.2, 0.25) is 0 Å². The number of aryl methyl sites for hydroxylation is 1. The van der Waals surface area contributed by atoms with Crippen molar-refractivity contribution < 1.29 is 20.3 Å². The van der Waals surface area contributed by atoms with E-state index >= 15 is 0 Å². The first-order valence-corrected chi connectivity index (χ1v) is 2.68. The Hall–Kier alpha value is 0.227. The maximum atomic E-state index is 3.94. The summed E-state index contributed by atoms with van der Waals surface area (Å²) >= 11 is 1.63. The van der Waals surface area contributed by atoms with Gasteiger partial charge in [-0.1, -0.05) is 0 Å². The number of aromatic nitrogens is 1. The molecule has 34 valence electrons. The van der Waals surface area contributed by atoms with Gasteiger partial charge in [-0.3, -0.25) is 4.98 Å². The number of rotatable bonds is 0. The minimum Gasteiger partial charge on any atom is -1.00 e. The van der Waals surface area contributed by atoms with Crippen LogP contribution in [0.1, 0.15) is 7.12 Å². The summed E-state index contributed by atoms with van der Waals surface area (Å²) in [4.78, 5) is 3.94. The zero-order valence-corrected chi connectivity index (χ0v) is 5.33. The average molecular weight is 107 g/mol. The average Bonchev–Trinajstić information content (AvgIpc) is 1.86. The molecule has 1 heterocycles. The molecular formula is C4H6LiNS. The second-order valence-electron chi connectivity index (χ2n) is 1.13. The monoisotopic (exact) mass is 107 g/mol. The Morgan fingerprint density at radius 1 is 1.86 bits per heavy atom. The molecule has 7 heavy (non-hydrogen) atoms. The van der Waals surface area contributed by atoms with E-state index in [-0.39, 0.29) is 20.3 Å². The van der Waals surface area contributed by atoms with E-state index in [4.69, 9.17) is 0 Å². The zero-order chi connectivity index (χ0) is 4.41. The van der Waals surface area contributed by atoms with E-state index in [2.05, 4.69) is 4.98 Å².